The molecule has 0 radical (unpaired) electrons. The molecule has 0 aliphatic heterocycles. The van der Waals surface area contributed by atoms with Gasteiger partial charge in [0.15, 0.2) is 0 Å². The van der Waals surface area contributed by atoms with Crippen molar-refractivity contribution in [2.75, 3.05) is 6.54 Å². The summed E-state index contributed by atoms with van der Waals surface area (Å²) in [6.07, 6.45) is 7.90. The lowest BCUT2D eigenvalue weighted by atomic mass is 9.93. The van der Waals surface area contributed by atoms with Gasteiger partial charge in [0.05, 0.1) is 5.02 Å². The van der Waals surface area contributed by atoms with Crippen molar-refractivity contribution in [3.05, 3.63) is 21.3 Å². The SMILES string of the molecule is CCCNC1CCCCCC1c1sccc1Cl. The third-order valence-electron chi connectivity index (χ3n) is 3.65. The summed E-state index contributed by atoms with van der Waals surface area (Å²) in [6.45, 7) is 3.36. The third kappa shape index (κ3) is 3.46. The van der Waals surface area contributed by atoms with Crippen LogP contribution in [0.15, 0.2) is 11.4 Å². The van der Waals surface area contributed by atoms with Gasteiger partial charge in [-0.25, -0.2) is 0 Å². The van der Waals surface area contributed by atoms with Gasteiger partial charge in [0, 0.05) is 16.8 Å². The van der Waals surface area contributed by atoms with Crippen molar-refractivity contribution in [2.45, 2.75) is 57.4 Å². The van der Waals surface area contributed by atoms with Crippen molar-refractivity contribution in [1.82, 2.24) is 5.32 Å². The Bertz CT molecular complexity index is 337. The molecule has 0 amide bonds. The molecule has 2 atom stereocenters. The second kappa shape index (κ2) is 6.77. The molecular weight excluding hydrogens is 250 g/mol. The molecule has 0 saturated heterocycles. The molecule has 0 bridgehead atoms. The third-order valence-corrected chi connectivity index (χ3v) is 5.14. The smallest absolute Gasteiger partial charge is 0.0548 e. The van der Waals surface area contributed by atoms with Gasteiger partial charge in [0.25, 0.3) is 0 Å². The van der Waals surface area contributed by atoms with Crippen LogP contribution >= 0.6 is 22.9 Å². The Morgan fingerprint density at radius 2 is 2.18 bits per heavy atom. The van der Waals surface area contributed by atoms with E-state index in [2.05, 4.69) is 17.6 Å². The molecule has 1 aromatic heterocycles. The van der Waals surface area contributed by atoms with Crippen LogP contribution < -0.4 is 5.32 Å². The molecular formula is C14H22ClNS. The molecule has 1 aliphatic carbocycles. The van der Waals surface area contributed by atoms with Crippen molar-refractivity contribution < 1.29 is 0 Å². The van der Waals surface area contributed by atoms with Gasteiger partial charge in [0.1, 0.15) is 0 Å². The normalized spacial score (nSPS) is 25.8. The topological polar surface area (TPSA) is 12.0 Å². The zero-order valence-electron chi connectivity index (χ0n) is 10.5. The van der Waals surface area contributed by atoms with E-state index in [1.54, 1.807) is 0 Å². The highest BCUT2D eigenvalue weighted by Crippen LogP contribution is 2.38. The average molecular weight is 272 g/mol. The van der Waals surface area contributed by atoms with Crippen molar-refractivity contribution in [1.29, 1.82) is 0 Å². The van der Waals surface area contributed by atoms with Gasteiger partial charge in [-0.15, -0.1) is 11.3 Å². The van der Waals surface area contributed by atoms with E-state index < -0.39 is 0 Å². The summed E-state index contributed by atoms with van der Waals surface area (Å²) in [5.41, 5.74) is 0. The first-order chi connectivity index (χ1) is 8.33. The highest BCUT2D eigenvalue weighted by molar-refractivity contribution is 7.10. The molecule has 1 aliphatic rings. The molecule has 2 rings (SSSR count). The van der Waals surface area contributed by atoms with Crippen molar-refractivity contribution in [2.24, 2.45) is 0 Å². The maximum absolute atomic E-state index is 6.31. The van der Waals surface area contributed by atoms with Gasteiger partial charge in [-0.3, -0.25) is 0 Å². The predicted octanol–water partition coefficient (Wildman–Crippen LogP) is 4.82. The van der Waals surface area contributed by atoms with Gasteiger partial charge in [-0.1, -0.05) is 37.8 Å². The van der Waals surface area contributed by atoms with Crippen LogP contribution in [0.2, 0.25) is 5.02 Å². The fraction of sp³-hybridized carbons (Fsp3) is 0.714. The monoisotopic (exact) mass is 271 g/mol. The van der Waals surface area contributed by atoms with Crippen LogP contribution in [0.3, 0.4) is 0 Å². The van der Waals surface area contributed by atoms with E-state index >= 15 is 0 Å². The minimum absolute atomic E-state index is 0.633. The lowest BCUT2D eigenvalue weighted by Crippen LogP contribution is -2.34. The Labute approximate surface area is 114 Å². The standard InChI is InChI=1S/C14H22ClNS/c1-2-9-16-13-7-5-3-4-6-11(13)14-12(15)8-10-17-14/h8,10-11,13,16H,2-7,9H2,1H3. The summed E-state index contributed by atoms with van der Waals surface area (Å²) in [5.74, 6) is 0.636. The lowest BCUT2D eigenvalue weighted by Gasteiger charge is -2.25. The van der Waals surface area contributed by atoms with E-state index in [1.165, 1.54) is 43.4 Å². The maximum atomic E-state index is 6.31. The molecule has 17 heavy (non-hydrogen) atoms. The molecule has 1 heterocycles. The van der Waals surface area contributed by atoms with Gasteiger partial charge in [-0.2, -0.15) is 0 Å². The Balaban J connectivity index is 2.11. The molecule has 1 nitrogen and oxygen atoms in total. The molecule has 1 aromatic rings. The van der Waals surface area contributed by atoms with E-state index in [1.807, 2.05) is 17.4 Å². The van der Waals surface area contributed by atoms with Gasteiger partial charge >= 0.3 is 0 Å². The van der Waals surface area contributed by atoms with Crippen LogP contribution in [0.1, 0.15) is 56.2 Å². The summed E-state index contributed by atoms with van der Waals surface area (Å²) < 4.78 is 0. The zero-order valence-corrected chi connectivity index (χ0v) is 12.1. The average Bonchev–Trinajstić information content (AvgIpc) is 2.63. The van der Waals surface area contributed by atoms with Crippen molar-refractivity contribution in [3.63, 3.8) is 0 Å². The number of halogens is 1. The van der Waals surface area contributed by atoms with E-state index in [0.29, 0.717) is 12.0 Å². The van der Waals surface area contributed by atoms with Crippen LogP contribution in [0, 0.1) is 0 Å². The number of nitrogens with one attached hydrogen (secondary N) is 1. The molecule has 96 valence electrons. The molecule has 1 saturated carbocycles. The first kappa shape index (κ1) is 13.4. The second-order valence-corrected chi connectivity index (χ2v) is 6.29. The van der Waals surface area contributed by atoms with Crippen LogP contribution in [0.4, 0.5) is 0 Å². The van der Waals surface area contributed by atoms with Crippen molar-refractivity contribution in [3.8, 4) is 0 Å². The van der Waals surface area contributed by atoms with Gasteiger partial charge in [-0.05, 0) is 37.3 Å². The summed E-state index contributed by atoms with van der Waals surface area (Å²) in [7, 11) is 0. The molecule has 0 aromatic carbocycles. The minimum atomic E-state index is 0.633. The summed E-state index contributed by atoms with van der Waals surface area (Å²) in [6, 6.07) is 2.68. The van der Waals surface area contributed by atoms with Crippen molar-refractivity contribution >= 4 is 22.9 Å². The van der Waals surface area contributed by atoms with Gasteiger partial charge < -0.3 is 5.32 Å². The Hall–Kier alpha value is -0.0500. The quantitative estimate of drug-likeness (QED) is 0.775. The summed E-state index contributed by atoms with van der Waals surface area (Å²) in [4.78, 5) is 1.40. The summed E-state index contributed by atoms with van der Waals surface area (Å²) >= 11 is 8.14. The maximum Gasteiger partial charge on any atom is 0.0548 e. The fourth-order valence-corrected chi connectivity index (χ4v) is 4.17. The molecule has 1 N–H and O–H groups in total. The Kier molecular flexibility index (Phi) is 5.33. The van der Waals surface area contributed by atoms with Crippen LogP contribution in [0.5, 0.6) is 0 Å². The first-order valence-corrected chi connectivity index (χ1v) is 8.05. The largest absolute Gasteiger partial charge is 0.313 e. The highest BCUT2D eigenvalue weighted by atomic mass is 35.5. The minimum Gasteiger partial charge on any atom is -0.313 e. The molecule has 3 heteroatoms. The van der Waals surface area contributed by atoms with Crippen LogP contribution in [0.25, 0.3) is 0 Å². The Morgan fingerprint density at radius 1 is 1.35 bits per heavy atom. The number of hydrogen-bond donors (Lipinski definition) is 1. The van der Waals surface area contributed by atoms with E-state index in [0.717, 1.165) is 11.6 Å². The predicted molar refractivity (Wildman–Crippen MR) is 77.2 cm³/mol. The second-order valence-electron chi connectivity index (χ2n) is 4.94. The van der Waals surface area contributed by atoms with E-state index in [4.69, 9.17) is 11.6 Å². The summed E-state index contributed by atoms with van der Waals surface area (Å²) in [5, 5.41) is 6.83. The van der Waals surface area contributed by atoms with Crippen LogP contribution in [-0.4, -0.2) is 12.6 Å². The first-order valence-electron chi connectivity index (χ1n) is 6.79. The fourth-order valence-electron chi connectivity index (χ4n) is 2.77. The Morgan fingerprint density at radius 3 is 2.88 bits per heavy atom. The number of thiophene rings is 1. The molecule has 1 fully saturated rings. The van der Waals surface area contributed by atoms with E-state index in [-0.39, 0.29) is 0 Å². The number of rotatable bonds is 4. The molecule has 0 spiro atoms. The number of hydrogen-bond acceptors (Lipinski definition) is 2. The highest BCUT2D eigenvalue weighted by Gasteiger charge is 2.26. The zero-order chi connectivity index (χ0) is 12.1. The van der Waals surface area contributed by atoms with Gasteiger partial charge in [0.2, 0.25) is 0 Å². The lowest BCUT2D eigenvalue weighted by molar-refractivity contribution is 0.415. The van der Waals surface area contributed by atoms with E-state index in [9.17, 15) is 0 Å². The van der Waals surface area contributed by atoms with Crippen LogP contribution in [-0.2, 0) is 0 Å². The molecule has 2 unspecified atom stereocenters.